The molecule has 102 valence electrons. The van der Waals surface area contributed by atoms with E-state index in [1.54, 1.807) is 13.8 Å². The molecule has 0 spiro atoms. The van der Waals surface area contributed by atoms with E-state index < -0.39 is 11.6 Å². The van der Waals surface area contributed by atoms with Crippen LogP contribution in [0.4, 0.5) is 0 Å². The molecule has 2 atom stereocenters. The molecule has 1 aromatic rings. The molecule has 2 unspecified atom stereocenters. The predicted molar refractivity (Wildman–Crippen MR) is 67.8 cm³/mol. The van der Waals surface area contributed by atoms with Gasteiger partial charge in [-0.1, -0.05) is 13.8 Å². The highest BCUT2D eigenvalue weighted by Crippen LogP contribution is 2.15. The first-order valence-electron chi connectivity index (χ1n) is 6.16. The van der Waals surface area contributed by atoms with Crippen molar-refractivity contribution in [3.8, 4) is 0 Å². The molecule has 1 amide bonds. The first-order valence-corrected chi connectivity index (χ1v) is 6.16. The topological polar surface area (TPSA) is 80.0 Å². The third kappa shape index (κ3) is 4.44. The summed E-state index contributed by atoms with van der Waals surface area (Å²) in [4.78, 5) is 15.7. The van der Waals surface area contributed by atoms with Gasteiger partial charge < -0.3 is 10.4 Å². The Bertz CT molecular complexity index is 373. The van der Waals surface area contributed by atoms with Crippen molar-refractivity contribution in [3.05, 3.63) is 12.7 Å². The maximum atomic E-state index is 11.9. The fourth-order valence-electron chi connectivity index (χ4n) is 1.91. The highest BCUT2D eigenvalue weighted by molar-refractivity contribution is 5.79. The maximum absolute atomic E-state index is 11.9. The van der Waals surface area contributed by atoms with E-state index in [4.69, 9.17) is 0 Å². The third-order valence-electron chi connectivity index (χ3n) is 2.70. The number of aliphatic hydroxyl groups is 1. The van der Waals surface area contributed by atoms with Crippen LogP contribution < -0.4 is 5.32 Å². The van der Waals surface area contributed by atoms with Gasteiger partial charge in [0.05, 0.1) is 5.60 Å². The van der Waals surface area contributed by atoms with Crippen molar-refractivity contribution in [1.29, 1.82) is 0 Å². The molecule has 0 saturated heterocycles. The largest absolute Gasteiger partial charge is 0.388 e. The van der Waals surface area contributed by atoms with Crippen LogP contribution in [0.5, 0.6) is 0 Å². The van der Waals surface area contributed by atoms with Gasteiger partial charge in [0.15, 0.2) is 0 Å². The van der Waals surface area contributed by atoms with Gasteiger partial charge in [-0.25, -0.2) is 9.67 Å². The molecule has 0 radical (unpaired) electrons. The van der Waals surface area contributed by atoms with Crippen molar-refractivity contribution in [2.45, 2.75) is 45.8 Å². The van der Waals surface area contributed by atoms with Crippen molar-refractivity contribution in [2.75, 3.05) is 6.54 Å². The normalized spacial score (nSPS) is 16.3. The Morgan fingerprint density at radius 3 is 2.67 bits per heavy atom. The second-order valence-electron chi connectivity index (χ2n) is 5.36. The molecule has 6 nitrogen and oxygen atoms in total. The molecule has 0 bridgehead atoms. The monoisotopic (exact) mass is 254 g/mol. The summed E-state index contributed by atoms with van der Waals surface area (Å²) in [6.07, 6.45) is 3.53. The Kier molecular flexibility index (Phi) is 4.84. The summed E-state index contributed by atoms with van der Waals surface area (Å²) in [5.74, 6) is 0.203. The average Bonchev–Trinajstić information content (AvgIpc) is 2.76. The van der Waals surface area contributed by atoms with Crippen LogP contribution in [0.25, 0.3) is 0 Å². The van der Waals surface area contributed by atoms with Gasteiger partial charge in [-0.15, -0.1) is 0 Å². The lowest BCUT2D eigenvalue weighted by molar-refractivity contribution is -0.125. The summed E-state index contributed by atoms with van der Waals surface area (Å²) in [6.45, 7) is 7.78. The van der Waals surface area contributed by atoms with Crippen LogP contribution in [0.1, 0.15) is 40.2 Å². The van der Waals surface area contributed by atoms with E-state index in [1.807, 2.05) is 13.8 Å². The molecule has 0 aromatic carbocycles. The van der Waals surface area contributed by atoms with E-state index in [9.17, 15) is 9.90 Å². The molecular formula is C12H22N4O2. The molecule has 0 aliphatic heterocycles. The zero-order valence-electron chi connectivity index (χ0n) is 11.4. The number of aromatic nitrogens is 3. The lowest BCUT2D eigenvalue weighted by atomic mass is 9.94. The number of nitrogens with one attached hydrogen (secondary N) is 1. The van der Waals surface area contributed by atoms with Crippen LogP contribution in [0, 0.1) is 5.92 Å². The van der Waals surface area contributed by atoms with E-state index >= 15 is 0 Å². The Morgan fingerprint density at radius 2 is 2.17 bits per heavy atom. The maximum Gasteiger partial charge on any atom is 0.244 e. The molecule has 1 aromatic heterocycles. The van der Waals surface area contributed by atoms with Crippen LogP contribution >= 0.6 is 0 Å². The molecular weight excluding hydrogens is 232 g/mol. The first-order chi connectivity index (χ1) is 8.32. The fourth-order valence-corrected chi connectivity index (χ4v) is 1.91. The van der Waals surface area contributed by atoms with Crippen molar-refractivity contribution < 1.29 is 9.90 Å². The number of hydrogen-bond donors (Lipinski definition) is 2. The summed E-state index contributed by atoms with van der Waals surface area (Å²) < 4.78 is 1.48. The van der Waals surface area contributed by atoms with Gasteiger partial charge in [0.1, 0.15) is 18.7 Å². The van der Waals surface area contributed by atoms with E-state index in [0.717, 1.165) is 0 Å². The zero-order chi connectivity index (χ0) is 13.8. The lowest BCUT2D eigenvalue weighted by Crippen LogP contribution is -2.43. The summed E-state index contributed by atoms with van der Waals surface area (Å²) in [5.41, 5.74) is -0.883. The second kappa shape index (κ2) is 5.95. The van der Waals surface area contributed by atoms with E-state index in [0.29, 0.717) is 12.3 Å². The number of carbonyl (C=O) groups excluding carboxylic acids is 1. The minimum Gasteiger partial charge on any atom is -0.388 e. The Balaban J connectivity index is 2.46. The van der Waals surface area contributed by atoms with E-state index in [-0.39, 0.29) is 12.5 Å². The van der Waals surface area contributed by atoms with Crippen LogP contribution in [0.15, 0.2) is 12.7 Å². The number of amides is 1. The van der Waals surface area contributed by atoms with Gasteiger partial charge in [0.2, 0.25) is 5.91 Å². The lowest BCUT2D eigenvalue weighted by Gasteiger charge is -2.26. The number of rotatable bonds is 6. The highest BCUT2D eigenvalue weighted by atomic mass is 16.3. The Hall–Kier alpha value is -1.43. The Labute approximate surface area is 107 Å². The SMILES string of the molecule is CC(C)CC(C)(O)CNC(=O)C(C)n1cncn1. The van der Waals surface area contributed by atoms with Crippen molar-refractivity contribution in [2.24, 2.45) is 5.92 Å². The molecule has 0 aliphatic carbocycles. The van der Waals surface area contributed by atoms with Crippen molar-refractivity contribution in [1.82, 2.24) is 20.1 Å². The van der Waals surface area contributed by atoms with Crippen molar-refractivity contribution in [3.63, 3.8) is 0 Å². The van der Waals surface area contributed by atoms with Crippen molar-refractivity contribution >= 4 is 5.91 Å². The summed E-state index contributed by atoms with van der Waals surface area (Å²) in [5, 5.41) is 16.7. The zero-order valence-corrected chi connectivity index (χ0v) is 11.4. The molecule has 18 heavy (non-hydrogen) atoms. The van der Waals surface area contributed by atoms with Gasteiger partial charge >= 0.3 is 0 Å². The number of carbonyl (C=O) groups is 1. The standard InChI is InChI=1S/C12H22N4O2/c1-9(2)5-12(4,18)6-14-11(17)10(3)16-8-13-7-15-16/h7-10,18H,5-6H2,1-4H3,(H,14,17). The van der Waals surface area contributed by atoms with Crippen LogP contribution in [0.3, 0.4) is 0 Å². The highest BCUT2D eigenvalue weighted by Gasteiger charge is 2.24. The van der Waals surface area contributed by atoms with Gasteiger partial charge in [0, 0.05) is 6.54 Å². The second-order valence-corrected chi connectivity index (χ2v) is 5.36. The number of nitrogens with zero attached hydrogens (tertiary/aromatic N) is 3. The molecule has 6 heteroatoms. The number of hydrogen-bond acceptors (Lipinski definition) is 4. The van der Waals surface area contributed by atoms with Crippen LogP contribution in [0.2, 0.25) is 0 Å². The fraction of sp³-hybridized carbons (Fsp3) is 0.750. The van der Waals surface area contributed by atoms with Crippen LogP contribution in [-0.2, 0) is 4.79 Å². The predicted octanol–water partition coefficient (Wildman–Crippen LogP) is 0.752. The average molecular weight is 254 g/mol. The smallest absolute Gasteiger partial charge is 0.244 e. The quantitative estimate of drug-likeness (QED) is 0.785. The minimum atomic E-state index is -0.883. The van der Waals surface area contributed by atoms with E-state index in [1.165, 1.54) is 17.3 Å². The molecule has 1 rings (SSSR count). The molecule has 0 fully saturated rings. The molecule has 0 saturated carbocycles. The summed E-state index contributed by atoms with van der Waals surface area (Å²) in [6, 6.07) is -0.428. The minimum absolute atomic E-state index is 0.176. The molecule has 1 heterocycles. The van der Waals surface area contributed by atoms with Gasteiger partial charge in [-0.2, -0.15) is 5.10 Å². The molecule has 0 aliphatic rings. The van der Waals surface area contributed by atoms with Gasteiger partial charge in [-0.05, 0) is 26.2 Å². The van der Waals surface area contributed by atoms with Gasteiger partial charge in [0.25, 0.3) is 0 Å². The first kappa shape index (κ1) is 14.6. The molecule has 2 N–H and O–H groups in total. The summed E-state index contributed by atoms with van der Waals surface area (Å²) in [7, 11) is 0. The van der Waals surface area contributed by atoms with Gasteiger partial charge in [-0.3, -0.25) is 4.79 Å². The summed E-state index contributed by atoms with van der Waals surface area (Å²) >= 11 is 0. The third-order valence-corrected chi connectivity index (χ3v) is 2.70. The van der Waals surface area contributed by atoms with E-state index in [2.05, 4.69) is 15.4 Å². The Morgan fingerprint density at radius 1 is 1.50 bits per heavy atom. The van der Waals surface area contributed by atoms with Crippen LogP contribution in [-0.4, -0.2) is 37.9 Å².